The third kappa shape index (κ3) is 7.36. The number of carbonyl (C=O) groups excluding carboxylic acids is 3. The molecular formula is C32H44ClN3O7. The van der Waals surface area contributed by atoms with Crippen molar-refractivity contribution in [1.82, 2.24) is 10.2 Å². The quantitative estimate of drug-likeness (QED) is 0.383. The van der Waals surface area contributed by atoms with Gasteiger partial charge in [0.25, 0.3) is 0 Å². The van der Waals surface area contributed by atoms with Crippen molar-refractivity contribution in [2.45, 2.75) is 89.4 Å². The Morgan fingerprint density at radius 2 is 2.00 bits per heavy atom. The van der Waals surface area contributed by atoms with Gasteiger partial charge in [0.15, 0.2) is 0 Å². The molecule has 4 bridgehead atoms. The first-order valence-corrected chi connectivity index (χ1v) is 15.1. The fourth-order valence-corrected chi connectivity index (χ4v) is 6.07. The minimum absolute atomic E-state index is 0.0985. The van der Waals surface area contributed by atoms with Crippen molar-refractivity contribution in [1.29, 1.82) is 0 Å². The van der Waals surface area contributed by atoms with Crippen molar-refractivity contribution in [3.8, 4) is 5.75 Å². The average molecular weight is 618 g/mol. The number of benzene rings is 1. The summed E-state index contributed by atoms with van der Waals surface area (Å²) in [4.78, 5) is 42.7. The molecule has 236 valence electrons. The zero-order valence-electron chi connectivity index (χ0n) is 26.3. The molecule has 43 heavy (non-hydrogen) atoms. The van der Waals surface area contributed by atoms with Gasteiger partial charge in [0.1, 0.15) is 34.6 Å². The van der Waals surface area contributed by atoms with Crippen molar-refractivity contribution >= 4 is 35.3 Å². The van der Waals surface area contributed by atoms with E-state index in [9.17, 15) is 14.4 Å². The first-order chi connectivity index (χ1) is 20.2. The summed E-state index contributed by atoms with van der Waals surface area (Å²) in [6, 6.07) is 3.11. The molecule has 2 saturated heterocycles. The molecule has 0 aliphatic carbocycles. The van der Waals surface area contributed by atoms with E-state index in [1.165, 1.54) is 12.0 Å². The van der Waals surface area contributed by atoms with Crippen LogP contribution in [0.3, 0.4) is 0 Å². The van der Waals surface area contributed by atoms with E-state index in [0.717, 1.165) is 11.1 Å². The number of ether oxygens (including phenoxy) is 4. The van der Waals surface area contributed by atoms with Crippen molar-refractivity contribution in [2.24, 2.45) is 5.92 Å². The lowest BCUT2D eigenvalue weighted by molar-refractivity contribution is -0.158. The second-order valence-electron chi connectivity index (χ2n) is 12.3. The summed E-state index contributed by atoms with van der Waals surface area (Å²) < 4.78 is 23.5. The molecule has 0 saturated carbocycles. The number of hydrogen-bond donors (Lipinski definition) is 1. The van der Waals surface area contributed by atoms with Crippen LogP contribution >= 0.6 is 11.6 Å². The Morgan fingerprint density at radius 1 is 1.28 bits per heavy atom. The molecule has 4 rings (SSSR count). The van der Waals surface area contributed by atoms with E-state index in [1.54, 1.807) is 33.0 Å². The topological polar surface area (TPSA) is 110 Å². The minimum atomic E-state index is -0.961. The highest BCUT2D eigenvalue weighted by molar-refractivity contribution is 6.35. The molecule has 3 aliphatic rings. The van der Waals surface area contributed by atoms with E-state index in [1.807, 2.05) is 51.1 Å². The van der Waals surface area contributed by atoms with E-state index < -0.39 is 42.0 Å². The number of halogens is 1. The second-order valence-corrected chi connectivity index (χ2v) is 12.7. The highest BCUT2D eigenvalue weighted by Gasteiger charge is 2.63. The van der Waals surface area contributed by atoms with Gasteiger partial charge in [0, 0.05) is 25.4 Å². The number of amides is 2. The Hall–Kier alpha value is -3.08. The first-order valence-electron chi connectivity index (χ1n) is 14.7. The number of esters is 1. The van der Waals surface area contributed by atoms with Crippen molar-refractivity contribution in [2.75, 3.05) is 33.2 Å². The summed E-state index contributed by atoms with van der Waals surface area (Å²) in [5, 5.41) is 3.22. The van der Waals surface area contributed by atoms with E-state index in [-0.39, 0.29) is 24.3 Å². The summed E-state index contributed by atoms with van der Waals surface area (Å²) in [7, 11) is 6.75. The van der Waals surface area contributed by atoms with Crippen LogP contribution in [-0.4, -0.2) is 87.1 Å². The van der Waals surface area contributed by atoms with Crippen molar-refractivity contribution < 1.29 is 33.3 Å². The Bertz CT molecular complexity index is 1300. The van der Waals surface area contributed by atoms with Crippen LogP contribution in [0.1, 0.15) is 52.5 Å². The Labute approximate surface area is 259 Å². The maximum atomic E-state index is 13.8. The zero-order valence-corrected chi connectivity index (χ0v) is 27.1. The number of hydrogen-bond acceptors (Lipinski definition) is 8. The molecule has 2 fully saturated rings. The number of rotatable bonds is 4. The lowest BCUT2D eigenvalue weighted by Crippen LogP contribution is -2.49. The number of methoxy groups -OCH3 is 1. The Balaban J connectivity index is 1.73. The minimum Gasteiger partial charge on any atom is -0.495 e. The molecule has 1 aromatic rings. The number of likely N-dealkylation sites (N-methyl/N-ethyl adjacent to an activating group) is 1. The van der Waals surface area contributed by atoms with Gasteiger partial charge >= 0.3 is 12.1 Å². The van der Waals surface area contributed by atoms with Gasteiger partial charge in [-0.1, -0.05) is 42.3 Å². The molecule has 1 N–H and O–H groups in total. The monoisotopic (exact) mass is 617 g/mol. The highest BCUT2D eigenvalue weighted by atomic mass is 35.5. The number of epoxide rings is 1. The number of nitrogens with one attached hydrogen (secondary N) is 1. The third-order valence-corrected chi connectivity index (χ3v) is 9.26. The number of alkyl carbamates (subject to hydrolysis) is 1. The molecular weight excluding hydrogens is 574 g/mol. The summed E-state index contributed by atoms with van der Waals surface area (Å²) >= 11 is 6.70. The standard InChI is InChI=1S/C32H44ClN3O7/c1-18-11-9-10-12-22-16-24(41-31(39)34-22)19(2)29-32(4,43-29)26(42-30(38)20(3)35(5)6)17-27(37)36(7)23-14-21(13-18)15-25(40-8)28(23)33/h9-11,14-15,19-20,22,24,26,29H,12-13,16-17H2,1-8H3,(H,34,39)/b10-9+,18-11+/t19-,20+,22?,24+,26+,29+,32+/m1/s1. The fraction of sp³-hybridized carbons (Fsp3) is 0.594. The molecule has 10 nitrogen and oxygen atoms in total. The van der Waals surface area contributed by atoms with Crippen LogP contribution in [0.15, 0.2) is 35.9 Å². The normalized spacial score (nSPS) is 32.5. The summed E-state index contributed by atoms with van der Waals surface area (Å²) in [5.41, 5.74) is 1.54. The van der Waals surface area contributed by atoms with Gasteiger partial charge in [-0.15, -0.1) is 0 Å². The van der Waals surface area contributed by atoms with E-state index in [4.69, 9.17) is 30.5 Å². The number of carbonyl (C=O) groups is 3. The SMILES string of the molecule is COc1cc2cc(c1Cl)N(C)C(=O)C[C@H](OC(=O)[C@H](C)N(C)C)[C@]1(C)O[C@H]1[C@H](C)[C@@H]1CC(C/C=C/C=C(\C)C2)NC(=O)O1. The van der Waals surface area contributed by atoms with Crippen molar-refractivity contribution in [3.63, 3.8) is 0 Å². The van der Waals surface area contributed by atoms with Crippen LogP contribution in [0.2, 0.25) is 5.02 Å². The maximum absolute atomic E-state index is 13.8. The molecule has 3 aliphatic heterocycles. The van der Waals surface area contributed by atoms with Gasteiger partial charge in [0.05, 0.1) is 25.3 Å². The van der Waals surface area contributed by atoms with Gasteiger partial charge < -0.3 is 29.2 Å². The molecule has 0 radical (unpaired) electrons. The molecule has 3 heterocycles. The first kappa shape index (κ1) is 32.8. The molecule has 0 aromatic heterocycles. The van der Waals surface area contributed by atoms with Gasteiger partial charge in [-0.05, 0) is 65.4 Å². The summed E-state index contributed by atoms with van der Waals surface area (Å²) in [6.07, 6.45) is 5.61. The van der Waals surface area contributed by atoms with Crippen LogP contribution in [0.4, 0.5) is 10.5 Å². The van der Waals surface area contributed by atoms with Crippen LogP contribution in [0.25, 0.3) is 0 Å². The Kier molecular flexibility index (Phi) is 10.1. The van der Waals surface area contributed by atoms with Crippen LogP contribution in [-0.2, 0) is 30.2 Å². The Morgan fingerprint density at radius 3 is 2.67 bits per heavy atom. The molecule has 1 aromatic carbocycles. The predicted octanol–water partition coefficient (Wildman–Crippen LogP) is 4.67. The number of fused-ring (bicyclic) bond motifs is 5. The highest BCUT2D eigenvalue weighted by Crippen LogP contribution is 2.48. The fourth-order valence-electron chi connectivity index (χ4n) is 5.76. The third-order valence-electron chi connectivity index (χ3n) is 8.88. The number of nitrogens with zero attached hydrogens (tertiary/aromatic N) is 2. The average Bonchev–Trinajstić information content (AvgIpc) is 3.65. The van der Waals surface area contributed by atoms with Crippen LogP contribution < -0.4 is 15.0 Å². The van der Waals surface area contributed by atoms with E-state index in [2.05, 4.69) is 5.32 Å². The largest absolute Gasteiger partial charge is 0.495 e. The predicted molar refractivity (Wildman–Crippen MR) is 165 cm³/mol. The van der Waals surface area contributed by atoms with Gasteiger partial charge in [-0.25, -0.2) is 4.79 Å². The molecule has 11 heteroatoms. The number of anilines is 1. The smallest absolute Gasteiger partial charge is 0.407 e. The number of allylic oxidation sites excluding steroid dienone is 3. The summed E-state index contributed by atoms with van der Waals surface area (Å²) in [6.45, 7) is 7.58. The van der Waals surface area contributed by atoms with Gasteiger partial charge in [-0.3, -0.25) is 14.5 Å². The van der Waals surface area contributed by atoms with Crippen molar-refractivity contribution in [3.05, 3.63) is 46.5 Å². The van der Waals surface area contributed by atoms with Gasteiger partial charge in [0.2, 0.25) is 5.91 Å². The lowest BCUT2D eigenvalue weighted by Gasteiger charge is -2.33. The zero-order chi connectivity index (χ0) is 31.6. The molecule has 2 amide bonds. The van der Waals surface area contributed by atoms with Crippen LogP contribution in [0.5, 0.6) is 5.75 Å². The maximum Gasteiger partial charge on any atom is 0.407 e. The van der Waals surface area contributed by atoms with Gasteiger partial charge in [-0.2, -0.15) is 0 Å². The second kappa shape index (κ2) is 13.3. The van der Waals surface area contributed by atoms with E-state index >= 15 is 0 Å². The van der Waals surface area contributed by atoms with Crippen LogP contribution in [0, 0.1) is 5.92 Å². The lowest BCUT2D eigenvalue weighted by atomic mass is 9.85. The molecule has 0 spiro atoms. The molecule has 7 atom stereocenters. The summed E-state index contributed by atoms with van der Waals surface area (Å²) in [5.74, 6) is -0.514. The van der Waals surface area contributed by atoms with E-state index in [0.29, 0.717) is 35.7 Å². The molecule has 1 unspecified atom stereocenters.